The van der Waals surface area contributed by atoms with Crippen LogP contribution in [0.25, 0.3) is 12.2 Å². The van der Waals surface area contributed by atoms with Gasteiger partial charge in [0.15, 0.2) is 0 Å². The number of aromatic nitrogens is 1. The number of rotatable bonds is 3. The minimum atomic E-state index is 0.488. The van der Waals surface area contributed by atoms with Crippen LogP contribution in [0.3, 0.4) is 0 Å². The molecule has 0 radical (unpaired) electrons. The highest BCUT2D eigenvalue weighted by atomic mass is 14.7. The van der Waals surface area contributed by atoms with Crippen molar-refractivity contribution in [2.75, 3.05) is 0 Å². The first-order valence-electron chi connectivity index (χ1n) is 5.95. The molecule has 2 rings (SSSR count). The van der Waals surface area contributed by atoms with Crippen molar-refractivity contribution in [1.29, 1.82) is 0 Å². The highest BCUT2D eigenvalue weighted by molar-refractivity contribution is 5.69. The van der Waals surface area contributed by atoms with Gasteiger partial charge in [-0.2, -0.15) is 0 Å². The van der Waals surface area contributed by atoms with Gasteiger partial charge in [-0.25, -0.2) is 0 Å². The summed E-state index contributed by atoms with van der Waals surface area (Å²) in [4.78, 5) is 4.44. The fraction of sp³-hybridized carbons (Fsp3) is 0.188. The molecule has 0 fully saturated rings. The van der Waals surface area contributed by atoms with E-state index >= 15 is 0 Å². The first-order chi connectivity index (χ1) is 8.25. The molecular weight excluding hydrogens is 206 g/mol. The van der Waals surface area contributed by atoms with E-state index in [9.17, 15) is 0 Å². The van der Waals surface area contributed by atoms with Gasteiger partial charge < -0.3 is 0 Å². The van der Waals surface area contributed by atoms with Crippen LogP contribution in [0.4, 0.5) is 0 Å². The number of benzene rings is 1. The van der Waals surface area contributed by atoms with E-state index in [1.54, 1.807) is 0 Å². The second-order valence-corrected chi connectivity index (χ2v) is 4.42. The van der Waals surface area contributed by atoms with Crippen LogP contribution in [0.5, 0.6) is 0 Å². The van der Waals surface area contributed by atoms with Crippen LogP contribution in [-0.4, -0.2) is 4.98 Å². The van der Waals surface area contributed by atoms with E-state index < -0.39 is 0 Å². The molecule has 0 saturated carbocycles. The van der Waals surface area contributed by atoms with Gasteiger partial charge >= 0.3 is 0 Å². The van der Waals surface area contributed by atoms with E-state index in [1.165, 1.54) is 5.56 Å². The van der Waals surface area contributed by atoms with Gasteiger partial charge in [-0.1, -0.05) is 62.4 Å². The van der Waals surface area contributed by atoms with Gasteiger partial charge in [0.05, 0.1) is 0 Å². The Balaban J connectivity index is 2.12. The zero-order valence-corrected chi connectivity index (χ0v) is 10.3. The second kappa shape index (κ2) is 5.44. The van der Waals surface area contributed by atoms with Gasteiger partial charge in [-0.3, -0.25) is 4.98 Å². The lowest BCUT2D eigenvalue weighted by atomic mass is 10.1. The summed E-state index contributed by atoms with van der Waals surface area (Å²) in [5.41, 5.74) is 3.49. The van der Waals surface area contributed by atoms with Gasteiger partial charge in [-0.15, -0.1) is 0 Å². The molecule has 0 saturated heterocycles. The van der Waals surface area contributed by atoms with Gasteiger partial charge in [0.2, 0.25) is 0 Å². The molecule has 0 atom stereocenters. The first kappa shape index (κ1) is 11.6. The van der Waals surface area contributed by atoms with Gasteiger partial charge in [0.25, 0.3) is 0 Å². The van der Waals surface area contributed by atoms with Crippen LogP contribution >= 0.6 is 0 Å². The van der Waals surface area contributed by atoms with Crippen LogP contribution in [-0.2, 0) is 0 Å². The van der Waals surface area contributed by atoms with Crippen molar-refractivity contribution in [1.82, 2.24) is 4.98 Å². The molecule has 0 aliphatic rings. The lowest BCUT2D eigenvalue weighted by Crippen LogP contribution is -1.91. The zero-order valence-electron chi connectivity index (χ0n) is 10.3. The smallest absolute Gasteiger partial charge is 0.0429 e. The number of hydrogen-bond donors (Lipinski definition) is 0. The molecule has 2 aromatic rings. The first-order valence-corrected chi connectivity index (χ1v) is 5.95. The SMILES string of the molecule is CC(C)c1ccc(/C=C/c2ccccc2)cn1. The maximum Gasteiger partial charge on any atom is 0.0429 e. The summed E-state index contributed by atoms with van der Waals surface area (Å²) in [6.07, 6.45) is 6.12. The van der Waals surface area contributed by atoms with Crippen molar-refractivity contribution in [3.05, 3.63) is 65.5 Å². The summed E-state index contributed by atoms with van der Waals surface area (Å²) >= 11 is 0. The Bertz CT molecular complexity index is 481. The molecule has 0 amide bonds. The molecule has 1 heteroatoms. The normalized spacial score (nSPS) is 11.2. The third-order valence-corrected chi connectivity index (χ3v) is 2.67. The topological polar surface area (TPSA) is 12.9 Å². The summed E-state index contributed by atoms with van der Waals surface area (Å²) in [5.74, 6) is 0.488. The lowest BCUT2D eigenvalue weighted by molar-refractivity contribution is 0.822. The monoisotopic (exact) mass is 223 g/mol. The fourth-order valence-corrected chi connectivity index (χ4v) is 1.61. The average Bonchev–Trinajstić information content (AvgIpc) is 2.38. The average molecular weight is 223 g/mol. The van der Waals surface area contributed by atoms with Crippen LogP contribution in [0, 0.1) is 0 Å². The Morgan fingerprint density at radius 2 is 1.59 bits per heavy atom. The summed E-state index contributed by atoms with van der Waals surface area (Å²) in [5, 5.41) is 0. The molecule has 1 nitrogen and oxygen atoms in total. The molecule has 0 aliphatic carbocycles. The van der Waals surface area contributed by atoms with Crippen molar-refractivity contribution in [2.24, 2.45) is 0 Å². The largest absolute Gasteiger partial charge is 0.260 e. The summed E-state index contributed by atoms with van der Waals surface area (Å²) in [6.45, 7) is 4.31. The minimum Gasteiger partial charge on any atom is -0.260 e. The molecule has 1 aromatic heterocycles. The highest BCUT2D eigenvalue weighted by Gasteiger charge is 1.98. The van der Waals surface area contributed by atoms with E-state index in [0.29, 0.717) is 5.92 Å². The molecule has 0 aliphatic heterocycles. The Kier molecular flexibility index (Phi) is 3.71. The Hall–Kier alpha value is -1.89. The lowest BCUT2D eigenvalue weighted by Gasteiger charge is -2.03. The van der Waals surface area contributed by atoms with Crippen LogP contribution in [0.2, 0.25) is 0 Å². The van der Waals surface area contributed by atoms with Gasteiger partial charge in [0, 0.05) is 11.9 Å². The maximum atomic E-state index is 4.44. The summed E-state index contributed by atoms with van der Waals surface area (Å²) < 4.78 is 0. The third kappa shape index (κ3) is 3.28. The fourth-order valence-electron chi connectivity index (χ4n) is 1.61. The molecule has 1 heterocycles. The molecule has 0 unspecified atom stereocenters. The Morgan fingerprint density at radius 1 is 0.882 bits per heavy atom. The van der Waals surface area contributed by atoms with Gasteiger partial charge in [-0.05, 0) is 23.1 Å². The molecule has 86 valence electrons. The van der Waals surface area contributed by atoms with Gasteiger partial charge in [0.1, 0.15) is 0 Å². The van der Waals surface area contributed by atoms with Crippen molar-refractivity contribution in [2.45, 2.75) is 19.8 Å². The highest BCUT2D eigenvalue weighted by Crippen LogP contribution is 2.13. The van der Waals surface area contributed by atoms with Crippen molar-refractivity contribution >= 4 is 12.2 Å². The number of pyridine rings is 1. The standard InChI is InChI=1S/C16H17N/c1-13(2)16-11-10-15(12-17-16)9-8-14-6-4-3-5-7-14/h3-13H,1-2H3/b9-8+. The van der Waals surface area contributed by atoms with E-state index in [2.05, 4.69) is 55.2 Å². The molecule has 0 N–H and O–H groups in total. The zero-order chi connectivity index (χ0) is 12.1. The predicted octanol–water partition coefficient (Wildman–Crippen LogP) is 4.38. The maximum absolute atomic E-state index is 4.44. The number of hydrogen-bond acceptors (Lipinski definition) is 1. The molecular formula is C16H17N. The van der Waals surface area contributed by atoms with E-state index in [0.717, 1.165) is 11.3 Å². The molecule has 0 bridgehead atoms. The van der Waals surface area contributed by atoms with E-state index in [-0.39, 0.29) is 0 Å². The van der Waals surface area contributed by atoms with E-state index in [1.807, 2.05) is 24.4 Å². The summed E-state index contributed by atoms with van der Waals surface area (Å²) in [7, 11) is 0. The van der Waals surface area contributed by atoms with Crippen LogP contribution in [0.1, 0.15) is 36.6 Å². The van der Waals surface area contributed by atoms with Crippen LogP contribution < -0.4 is 0 Å². The molecule has 0 spiro atoms. The van der Waals surface area contributed by atoms with Crippen molar-refractivity contribution in [3.63, 3.8) is 0 Å². The predicted molar refractivity (Wildman–Crippen MR) is 73.7 cm³/mol. The molecule has 1 aromatic carbocycles. The van der Waals surface area contributed by atoms with Crippen molar-refractivity contribution in [3.8, 4) is 0 Å². The number of nitrogens with zero attached hydrogens (tertiary/aromatic N) is 1. The molecule has 17 heavy (non-hydrogen) atoms. The summed E-state index contributed by atoms with van der Waals surface area (Å²) in [6, 6.07) is 14.5. The third-order valence-electron chi connectivity index (χ3n) is 2.67. The Labute approximate surface area is 103 Å². The second-order valence-electron chi connectivity index (χ2n) is 4.42. The quantitative estimate of drug-likeness (QED) is 0.752. The Morgan fingerprint density at radius 3 is 2.18 bits per heavy atom. The van der Waals surface area contributed by atoms with Crippen LogP contribution in [0.15, 0.2) is 48.7 Å². The van der Waals surface area contributed by atoms with Crippen molar-refractivity contribution < 1.29 is 0 Å². The van der Waals surface area contributed by atoms with E-state index in [4.69, 9.17) is 0 Å². The minimum absolute atomic E-state index is 0.488.